The number of nitrogens with one attached hydrogen (secondary N) is 1. The molecule has 3 nitrogen and oxygen atoms in total. The number of aryl methyl sites for hydroxylation is 1. The second-order valence-corrected chi connectivity index (χ2v) is 5.78. The topological polar surface area (TPSA) is 54.7 Å². The SMILES string of the molecule is NCC1(c2n[nH]c3c2CCCC3)CCCCC1. The molecule has 0 bridgehead atoms. The number of hydrogen-bond acceptors (Lipinski definition) is 2. The van der Waals surface area contributed by atoms with E-state index in [9.17, 15) is 0 Å². The van der Waals surface area contributed by atoms with Crippen molar-refractivity contribution in [3.8, 4) is 0 Å². The van der Waals surface area contributed by atoms with Gasteiger partial charge in [0.15, 0.2) is 0 Å². The quantitative estimate of drug-likeness (QED) is 0.824. The highest BCUT2D eigenvalue weighted by Crippen LogP contribution is 2.41. The Bertz CT molecular complexity index is 388. The van der Waals surface area contributed by atoms with Crippen LogP contribution in [-0.4, -0.2) is 16.7 Å². The summed E-state index contributed by atoms with van der Waals surface area (Å²) in [5, 5.41) is 7.94. The first kappa shape index (κ1) is 11.3. The van der Waals surface area contributed by atoms with Crippen LogP contribution in [0.3, 0.4) is 0 Å². The second-order valence-electron chi connectivity index (χ2n) is 5.78. The molecule has 2 aliphatic carbocycles. The van der Waals surface area contributed by atoms with Crippen molar-refractivity contribution in [3.05, 3.63) is 17.0 Å². The minimum Gasteiger partial charge on any atom is -0.330 e. The van der Waals surface area contributed by atoms with E-state index in [1.165, 1.54) is 74.7 Å². The minimum atomic E-state index is 0.194. The van der Waals surface area contributed by atoms with Crippen LogP contribution in [0.15, 0.2) is 0 Å². The Labute approximate surface area is 103 Å². The zero-order valence-corrected chi connectivity index (χ0v) is 10.6. The summed E-state index contributed by atoms with van der Waals surface area (Å²) in [6, 6.07) is 0. The Kier molecular flexibility index (Phi) is 2.95. The van der Waals surface area contributed by atoms with Crippen molar-refractivity contribution in [2.75, 3.05) is 6.54 Å². The number of aromatic amines is 1. The van der Waals surface area contributed by atoms with Crippen molar-refractivity contribution in [1.29, 1.82) is 0 Å². The van der Waals surface area contributed by atoms with Crippen molar-refractivity contribution in [2.45, 2.75) is 63.2 Å². The van der Waals surface area contributed by atoms with Gasteiger partial charge in [0, 0.05) is 17.7 Å². The van der Waals surface area contributed by atoms with Crippen molar-refractivity contribution < 1.29 is 0 Å². The van der Waals surface area contributed by atoms with Gasteiger partial charge in [0.1, 0.15) is 0 Å². The van der Waals surface area contributed by atoms with E-state index < -0.39 is 0 Å². The average molecular weight is 233 g/mol. The van der Waals surface area contributed by atoms with E-state index in [1.54, 1.807) is 0 Å². The van der Waals surface area contributed by atoms with Gasteiger partial charge in [-0.2, -0.15) is 5.10 Å². The molecule has 17 heavy (non-hydrogen) atoms. The molecule has 94 valence electrons. The molecule has 0 unspecified atom stereocenters. The molecular weight excluding hydrogens is 210 g/mol. The number of fused-ring (bicyclic) bond motifs is 1. The summed E-state index contributed by atoms with van der Waals surface area (Å²) in [5.74, 6) is 0. The van der Waals surface area contributed by atoms with Crippen LogP contribution in [0.25, 0.3) is 0 Å². The average Bonchev–Trinajstić information content (AvgIpc) is 2.84. The van der Waals surface area contributed by atoms with Crippen LogP contribution in [0.5, 0.6) is 0 Å². The number of rotatable bonds is 2. The van der Waals surface area contributed by atoms with Gasteiger partial charge in [0.2, 0.25) is 0 Å². The number of nitrogens with two attached hydrogens (primary N) is 1. The molecular formula is C14H23N3. The molecule has 3 heteroatoms. The lowest BCUT2D eigenvalue weighted by molar-refractivity contribution is 0.291. The third-order valence-corrected chi connectivity index (χ3v) is 4.76. The highest BCUT2D eigenvalue weighted by Gasteiger charge is 2.37. The zero-order chi connectivity index (χ0) is 11.7. The highest BCUT2D eigenvalue weighted by atomic mass is 15.1. The molecule has 1 aromatic heterocycles. The van der Waals surface area contributed by atoms with E-state index in [4.69, 9.17) is 5.73 Å². The molecule has 1 heterocycles. The van der Waals surface area contributed by atoms with Crippen LogP contribution in [0, 0.1) is 0 Å². The first-order valence-corrected chi connectivity index (χ1v) is 7.12. The normalized spacial score (nSPS) is 23.4. The van der Waals surface area contributed by atoms with Crippen LogP contribution in [-0.2, 0) is 18.3 Å². The van der Waals surface area contributed by atoms with Gasteiger partial charge in [-0.3, -0.25) is 5.10 Å². The molecule has 0 saturated heterocycles. The van der Waals surface area contributed by atoms with Crippen molar-refractivity contribution in [1.82, 2.24) is 10.2 Å². The first-order chi connectivity index (χ1) is 8.36. The Morgan fingerprint density at radius 3 is 2.59 bits per heavy atom. The fraction of sp³-hybridized carbons (Fsp3) is 0.786. The molecule has 1 aromatic rings. The maximum absolute atomic E-state index is 6.11. The number of H-pyrrole nitrogens is 1. The Balaban J connectivity index is 1.98. The molecule has 3 rings (SSSR count). The lowest BCUT2D eigenvalue weighted by Gasteiger charge is -2.36. The van der Waals surface area contributed by atoms with Crippen LogP contribution in [0.1, 0.15) is 61.9 Å². The monoisotopic (exact) mass is 233 g/mol. The van der Waals surface area contributed by atoms with E-state index in [0.717, 1.165) is 6.54 Å². The molecule has 1 saturated carbocycles. The summed E-state index contributed by atoms with van der Waals surface area (Å²) >= 11 is 0. The highest BCUT2D eigenvalue weighted by molar-refractivity contribution is 5.34. The van der Waals surface area contributed by atoms with E-state index in [1.807, 2.05) is 0 Å². The van der Waals surface area contributed by atoms with E-state index in [-0.39, 0.29) is 5.41 Å². The van der Waals surface area contributed by atoms with E-state index in [0.29, 0.717) is 0 Å². The van der Waals surface area contributed by atoms with Crippen molar-refractivity contribution >= 4 is 0 Å². The third-order valence-electron chi connectivity index (χ3n) is 4.76. The summed E-state index contributed by atoms with van der Waals surface area (Å²) in [5.41, 5.74) is 10.5. The van der Waals surface area contributed by atoms with Crippen molar-refractivity contribution in [3.63, 3.8) is 0 Å². The molecule has 1 fully saturated rings. The van der Waals surface area contributed by atoms with Gasteiger partial charge >= 0.3 is 0 Å². The molecule has 0 spiro atoms. The Hall–Kier alpha value is -0.830. The van der Waals surface area contributed by atoms with Gasteiger partial charge in [-0.15, -0.1) is 0 Å². The molecule has 0 atom stereocenters. The molecule has 0 amide bonds. The van der Waals surface area contributed by atoms with Crippen LogP contribution < -0.4 is 5.73 Å². The van der Waals surface area contributed by atoms with Gasteiger partial charge in [0.25, 0.3) is 0 Å². The predicted octanol–water partition coefficient (Wildman–Crippen LogP) is 2.45. The van der Waals surface area contributed by atoms with Crippen LogP contribution >= 0.6 is 0 Å². The lowest BCUT2D eigenvalue weighted by Crippen LogP contribution is -2.38. The summed E-state index contributed by atoms with van der Waals surface area (Å²) in [6.07, 6.45) is 11.5. The fourth-order valence-electron chi connectivity index (χ4n) is 3.69. The summed E-state index contributed by atoms with van der Waals surface area (Å²) in [7, 11) is 0. The van der Waals surface area contributed by atoms with Gasteiger partial charge in [-0.1, -0.05) is 19.3 Å². The van der Waals surface area contributed by atoms with E-state index >= 15 is 0 Å². The molecule has 0 aromatic carbocycles. The van der Waals surface area contributed by atoms with Gasteiger partial charge in [-0.05, 0) is 44.1 Å². The maximum Gasteiger partial charge on any atom is 0.0731 e. The van der Waals surface area contributed by atoms with Gasteiger partial charge in [0.05, 0.1) is 5.69 Å². The molecule has 0 radical (unpaired) electrons. The van der Waals surface area contributed by atoms with Crippen LogP contribution in [0.2, 0.25) is 0 Å². The largest absolute Gasteiger partial charge is 0.330 e. The smallest absolute Gasteiger partial charge is 0.0731 e. The minimum absolute atomic E-state index is 0.194. The fourth-order valence-corrected chi connectivity index (χ4v) is 3.69. The summed E-state index contributed by atoms with van der Waals surface area (Å²) in [4.78, 5) is 0. The van der Waals surface area contributed by atoms with Crippen LogP contribution in [0.4, 0.5) is 0 Å². The maximum atomic E-state index is 6.11. The number of hydrogen-bond donors (Lipinski definition) is 2. The summed E-state index contributed by atoms with van der Waals surface area (Å²) < 4.78 is 0. The first-order valence-electron chi connectivity index (χ1n) is 7.12. The van der Waals surface area contributed by atoms with Crippen molar-refractivity contribution in [2.24, 2.45) is 5.73 Å². The standard InChI is InChI=1S/C14H23N3/c15-10-14(8-4-1-5-9-14)13-11-6-2-3-7-12(11)16-17-13/h1-10,15H2,(H,16,17). The van der Waals surface area contributed by atoms with Gasteiger partial charge in [-0.25, -0.2) is 0 Å². The van der Waals surface area contributed by atoms with Gasteiger partial charge < -0.3 is 5.73 Å². The number of aromatic nitrogens is 2. The molecule has 0 aliphatic heterocycles. The third kappa shape index (κ3) is 1.81. The number of nitrogens with zero attached hydrogens (tertiary/aromatic N) is 1. The molecule has 3 N–H and O–H groups in total. The Morgan fingerprint density at radius 2 is 1.82 bits per heavy atom. The Morgan fingerprint density at radius 1 is 1.06 bits per heavy atom. The lowest BCUT2D eigenvalue weighted by atomic mass is 9.70. The summed E-state index contributed by atoms with van der Waals surface area (Å²) in [6.45, 7) is 0.768. The van der Waals surface area contributed by atoms with E-state index in [2.05, 4.69) is 10.2 Å². The second kappa shape index (κ2) is 4.45. The molecule has 2 aliphatic rings. The zero-order valence-electron chi connectivity index (χ0n) is 10.6. The predicted molar refractivity (Wildman–Crippen MR) is 69.0 cm³/mol.